The highest BCUT2D eigenvalue weighted by Gasteiger charge is 2.27. The van der Waals surface area contributed by atoms with Gasteiger partial charge in [0, 0.05) is 31.8 Å². The Morgan fingerprint density at radius 1 is 0.818 bits per heavy atom. The van der Waals surface area contributed by atoms with E-state index in [0.29, 0.717) is 0 Å². The number of hydrogen-bond acceptors (Lipinski definition) is 2. The van der Waals surface area contributed by atoms with Crippen LogP contribution >= 0.6 is 11.3 Å². The largest absolute Gasteiger partial charge is 0.312 e. The lowest BCUT2D eigenvalue weighted by atomic mass is 10.1. The van der Waals surface area contributed by atoms with E-state index in [9.17, 15) is 0 Å². The molecule has 0 fully saturated rings. The maximum absolute atomic E-state index is 5.18. The predicted molar refractivity (Wildman–Crippen MR) is 138 cm³/mol. The third kappa shape index (κ3) is 2.40. The SMILES string of the molecule is Cc1ccc2c(c1C)n(-c1cc3sc4ccccc4c3c[n+]1C)c1nc3c(C)cccc3n21. The second kappa shape index (κ2) is 6.42. The number of imidazole rings is 2. The number of aryl methyl sites for hydroxylation is 4. The van der Waals surface area contributed by atoms with Crippen molar-refractivity contribution in [2.24, 2.45) is 7.05 Å². The molecule has 0 spiro atoms. The first-order valence-corrected chi connectivity index (χ1v) is 12.0. The summed E-state index contributed by atoms with van der Waals surface area (Å²) in [4.78, 5) is 5.18. The third-order valence-electron chi connectivity index (χ3n) is 7.05. The summed E-state index contributed by atoms with van der Waals surface area (Å²) in [5.41, 5.74) is 8.40. The number of benzene rings is 3. The van der Waals surface area contributed by atoms with Gasteiger partial charge in [-0.3, -0.25) is 4.40 Å². The molecular weight excluding hydrogens is 424 g/mol. The summed E-state index contributed by atoms with van der Waals surface area (Å²) in [5.74, 6) is 2.08. The van der Waals surface area contributed by atoms with Crippen LogP contribution in [0.4, 0.5) is 0 Å². The van der Waals surface area contributed by atoms with Gasteiger partial charge in [-0.15, -0.1) is 11.3 Å². The van der Waals surface area contributed by atoms with Crippen LogP contribution in [-0.4, -0.2) is 14.0 Å². The summed E-state index contributed by atoms with van der Waals surface area (Å²) >= 11 is 1.85. The molecule has 7 aromatic rings. The monoisotopic (exact) mass is 447 g/mol. The van der Waals surface area contributed by atoms with E-state index in [2.05, 4.69) is 108 Å². The molecule has 4 heterocycles. The van der Waals surface area contributed by atoms with Crippen LogP contribution < -0.4 is 4.57 Å². The summed E-state index contributed by atoms with van der Waals surface area (Å²) in [6.07, 6.45) is 2.27. The van der Waals surface area contributed by atoms with Crippen molar-refractivity contribution in [2.45, 2.75) is 20.8 Å². The smallest absolute Gasteiger partial charge is 0.254 e. The Morgan fingerprint density at radius 2 is 1.67 bits per heavy atom. The molecule has 0 bridgehead atoms. The number of hydrogen-bond donors (Lipinski definition) is 0. The topological polar surface area (TPSA) is 26.1 Å². The number of thiophene rings is 1. The zero-order chi connectivity index (χ0) is 22.4. The Hall–Kier alpha value is -3.70. The molecule has 3 aromatic carbocycles. The fourth-order valence-electron chi connectivity index (χ4n) is 5.21. The van der Waals surface area contributed by atoms with Crippen LogP contribution in [0.5, 0.6) is 0 Å². The van der Waals surface area contributed by atoms with E-state index >= 15 is 0 Å². The standard InChI is InChI=1S/C28H23N4S/c1-16-12-13-22-27(18(16)3)32(28-29-26-17(2)8-7-10-21(26)31(22)28)25-14-24-20(15-30(25)4)19-9-5-6-11-23(19)33-24/h5-15H,1-4H3/q+1. The molecule has 160 valence electrons. The van der Waals surface area contributed by atoms with Crippen molar-refractivity contribution in [3.63, 3.8) is 0 Å². The molecule has 5 heteroatoms. The Morgan fingerprint density at radius 3 is 2.55 bits per heavy atom. The zero-order valence-electron chi connectivity index (χ0n) is 19.0. The summed E-state index contributed by atoms with van der Waals surface area (Å²) in [6, 6.07) is 21.9. The summed E-state index contributed by atoms with van der Waals surface area (Å²) in [7, 11) is 2.14. The average Bonchev–Trinajstić information content (AvgIpc) is 3.45. The van der Waals surface area contributed by atoms with Gasteiger partial charge in [0.1, 0.15) is 0 Å². The predicted octanol–water partition coefficient (Wildman–Crippen LogP) is 6.55. The summed E-state index contributed by atoms with van der Waals surface area (Å²) in [6.45, 7) is 6.55. The second-order valence-corrected chi connectivity index (χ2v) is 10.1. The zero-order valence-corrected chi connectivity index (χ0v) is 19.9. The van der Waals surface area contributed by atoms with Crippen molar-refractivity contribution >= 4 is 59.4 Å². The van der Waals surface area contributed by atoms with Gasteiger partial charge >= 0.3 is 5.78 Å². The molecule has 0 unspecified atom stereocenters. The van der Waals surface area contributed by atoms with Gasteiger partial charge < -0.3 is 0 Å². The maximum Gasteiger partial charge on any atom is 0.312 e. The minimum Gasteiger partial charge on any atom is -0.254 e. The third-order valence-corrected chi connectivity index (χ3v) is 8.18. The summed E-state index contributed by atoms with van der Waals surface area (Å²) in [5, 5.41) is 2.61. The number of aromatic nitrogens is 4. The van der Waals surface area contributed by atoms with E-state index in [1.807, 2.05) is 11.3 Å². The molecule has 4 aromatic heterocycles. The molecular formula is C28H23N4S+. The maximum atomic E-state index is 5.18. The average molecular weight is 448 g/mol. The van der Waals surface area contributed by atoms with Crippen molar-refractivity contribution in [2.75, 3.05) is 0 Å². The van der Waals surface area contributed by atoms with Crippen molar-refractivity contribution in [1.29, 1.82) is 0 Å². The van der Waals surface area contributed by atoms with Gasteiger partial charge in [0.05, 0.1) is 29.8 Å². The Balaban J connectivity index is 1.69. The Bertz CT molecular complexity index is 1920. The van der Waals surface area contributed by atoms with Crippen LogP contribution in [0.2, 0.25) is 0 Å². The lowest BCUT2D eigenvalue weighted by Crippen LogP contribution is -2.33. The first-order valence-electron chi connectivity index (χ1n) is 11.2. The molecule has 0 radical (unpaired) electrons. The number of para-hydroxylation sites is 1. The van der Waals surface area contributed by atoms with Gasteiger partial charge in [-0.1, -0.05) is 36.4 Å². The number of fused-ring (bicyclic) bond motifs is 8. The highest BCUT2D eigenvalue weighted by atomic mass is 32.1. The number of pyridine rings is 1. The lowest BCUT2D eigenvalue weighted by Gasteiger charge is -2.06. The Labute approximate surface area is 195 Å². The van der Waals surface area contributed by atoms with Gasteiger partial charge in [-0.2, -0.15) is 9.55 Å². The Kier molecular flexibility index (Phi) is 3.67. The van der Waals surface area contributed by atoms with Crippen LogP contribution in [-0.2, 0) is 7.05 Å². The highest BCUT2D eigenvalue weighted by molar-refractivity contribution is 7.25. The molecule has 0 N–H and O–H groups in total. The fraction of sp³-hybridized carbons (Fsp3) is 0.143. The van der Waals surface area contributed by atoms with E-state index in [4.69, 9.17) is 4.98 Å². The van der Waals surface area contributed by atoms with Gasteiger partial charge in [-0.25, -0.2) is 4.57 Å². The van der Waals surface area contributed by atoms with E-state index in [-0.39, 0.29) is 0 Å². The second-order valence-electron chi connectivity index (χ2n) is 9.02. The molecule has 0 saturated heterocycles. The van der Waals surface area contributed by atoms with Gasteiger partial charge in [-0.05, 0) is 50.1 Å². The first kappa shape index (κ1) is 18.8. The van der Waals surface area contributed by atoms with Crippen molar-refractivity contribution < 1.29 is 4.57 Å². The van der Waals surface area contributed by atoms with E-state index < -0.39 is 0 Å². The fourth-order valence-corrected chi connectivity index (χ4v) is 6.32. The van der Waals surface area contributed by atoms with Crippen LogP contribution in [0.15, 0.2) is 66.9 Å². The van der Waals surface area contributed by atoms with Gasteiger partial charge in [0.25, 0.3) is 5.82 Å². The molecule has 0 amide bonds. The van der Waals surface area contributed by atoms with Crippen molar-refractivity contribution in [1.82, 2.24) is 14.0 Å². The first-order chi connectivity index (χ1) is 16.0. The molecule has 7 rings (SSSR count). The molecule has 0 aliphatic heterocycles. The molecule has 0 aliphatic carbocycles. The van der Waals surface area contributed by atoms with E-state index in [0.717, 1.165) is 22.6 Å². The van der Waals surface area contributed by atoms with Crippen LogP contribution in [0.25, 0.3) is 53.8 Å². The van der Waals surface area contributed by atoms with E-state index in [1.165, 1.54) is 47.9 Å². The lowest BCUT2D eigenvalue weighted by molar-refractivity contribution is -0.664. The normalized spacial score (nSPS) is 12.2. The van der Waals surface area contributed by atoms with Crippen LogP contribution in [0, 0.1) is 20.8 Å². The molecule has 0 atom stereocenters. The number of rotatable bonds is 1. The quantitative estimate of drug-likeness (QED) is 0.262. The van der Waals surface area contributed by atoms with Crippen molar-refractivity contribution in [3.8, 4) is 5.82 Å². The minimum atomic E-state index is 0.957. The van der Waals surface area contributed by atoms with Gasteiger partial charge in [0.2, 0.25) is 0 Å². The molecule has 33 heavy (non-hydrogen) atoms. The van der Waals surface area contributed by atoms with Crippen molar-refractivity contribution in [3.05, 3.63) is 83.6 Å². The van der Waals surface area contributed by atoms with E-state index in [1.54, 1.807) is 0 Å². The highest BCUT2D eigenvalue weighted by Crippen LogP contribution is 2.36. The summed E-state index contributed by atoms with van der Waals surface area (Å²) < 4.78 is 9.53. The number of nitrogens with zero attached hydrogens (tertiary/aromatic N) is 4. The minimum absolute atomic E-state index is 0.957. The van der Waals surface area contributed by atoms with Gasteiger partial charge in [0.15, 0.2) is 5.52 Å². The molecule has 0 saturated carbocycles. The van der Waals surface area contributed by atoms with Crippen LogP contribution in [0.3, 0.4) is 0 Å². The molecule has 0 aliphatic rings. The molecule has 4 nitrogen and oxygen atoms in total. The van der Waals surface area contributed by atoms with Crippen LogP contribution in [0.1, 0.15) is 16.7 Å².